The molecule has 0 fully saturated rings. The van der Waals surface area contributed by atoms with Crippen LogP contribution in [0.2, 0.25) is 0 Å². The van der Waals surface area contributed by atoms with Crippen LogP contribution in [0.4, 0.5) is 0 Å². The van der Waals surface area contributed by atoms with Gasteiger partial charge in [0.2, 0.25) is 0 Å². The van der Waals surface area contributed by atoms with Gasteiger partial charge in [-0.2, -0.15) is 0 Å². The third-order valence-electron chi connectivity index (χ3n) is 2.18. The molecule has 0 bridgehead atoms. The second kappa shape index (κ2) is 4.67. The zero-order valence-corrected chi connectivity index (χ0v) is 9.97. The van der Waals surface area contributed by atoms with E-state index in [0.29, 0.717) is 11.3 Å². The van der Waals surface area contributed by atoms with E-state index in [4.69, 9.17) is 16.3 Å². The number of alkyl halides is 1. The number of ether oxygens (including phenoxy) is 1. The number of hydrogen-bond donors (Lipinski definition) is 0. The van der Waals surface area contributed by atoms with Gasteiger partial charge >= 0.3 is 0 Å². The molecule has 82 valence electrons. The molecular formula is C12H15ClO2. The smallest absolute Gasteiger partial charge is 0.162 e. The van der Waals surface area contributed by atoms with Gasteiger partial charge in [-0.1, -0.05) is 44.5 Å². The summed E-state index contributed by atoms with van der Waals surface area (Å²) in [4.78, 5) is 10.9. The Kier molecular flexibility index (Phi) is 3.75. The summed E-state index contributed by atoms with van der Waals surface area (Å²) in [7, 11) is 0. The predicted octanol–water partition coefficient (Wildman–Crippen LogP) is 3.37. The van der Waals surface area contributed by atoms with Crippen molar-refractivity contribution in [1.29, 1.82) is 0 Å². The molecule has 0 heterocycles. The van der Waals surface area contributed by atoms with Crippen LogP contribution < -0.4 is 4.74 Å². The largest absolute Gasteiger partial charge is 0.477 e. The Morgan fingerprint density at radius 2 is 2.07 bits per heavy atom. The van der Waals surface area contributed by atoms with E-state index < -0.39 is 0 Å². The molecular weight excluding hydrogens is 212 g/mol. The highest BCUT2D eigenvalue weighted by molar-refractivity contribution is 6.17. The van der Waals surface area contributed by atoms with Gasteiger partial charge in [0.15, 0.2) is 12.4 Å². The average Bonchev–Trinajstić information content (AvgIpc) is 2.17. The summed E-state index contributed by atoms with van der Waals surface area (Å²) in [6.45, 7) is 6.20. The number of halogens is 1. The molecule has 0 aliphatic carbocycles. The molecule has 0 unspecified atom stereocenters. The Morgan fingerprint density at radius 1 is 1.40 bits per heavy atom. The third kappa shape index (κ3) is 2.72. The minimum atomic E-state index is -0.0690. The number of aldehydes is 1. The van der Waals surface area contributed by atoms with Gasteiger partial charge in [-0.25, -0.2) is 0 Å². The van der Waals surface area contributed by atoms with Crippen molar-refractivity contribution < 1.29 is 9.53 Å². The van der Waals surface area contributed by atoms with Crippen molar-refractivity contribution in [2.45, 2.75) is 26.2 Å². The maximum Gasteiger partial charge on any atom is 0.162 e. The molecule has 1 rings (SSSR count). The van der Waals surface area contributed by atoms with Crippen LogP contribution in [0.5, 0.6) is 5.75 Å². The molecule has 2 nitrogen and oxygen atoms in total. The standard InChI is InChI=1S/C12H15ClO2/c1-12(2,3)10-6-4-5-9(7-14)11(10)15-8-13/h4-7H,8H2,1-3H3. The van der Waals surface area contributed by atoms with E-state index in [1.165, 1.54) is 0 Å². The maximum atomic E-state index is 10.9. The highest BCUT2D eigenvalue weighted by Gasteiger charge is 2.20. The van der Waals surface area contributed by atoms with E-state index in [1.807, 2.05) is 12.1 Å². The lowest BCUT2D eigenvalue weighted by atomic mass is 9.85. The van der Waals surface area contributed by atoms with Crippen molar-refractivity contribution >= 4 is 17.9 Å². The highest BCUT2D eigenvalue weighted by atomic mass is 35.5. The lowest BCUT2D eigenvalue weighted by Gasteiger charge is -2.23. The van der Waals surface area contributed by atoms with Crippen molar-refractivity contribution in [1.82, 2.24) is 0 Å². The summed E-state index contributed by atoms with van der Waals surface area (Å²) >= 11 is 5.55. The third-order valence-corrected chi connectivity index (χ3v) is 2.29. The Bertz CT molecular complexity index is 353. The molecule has 0 aliphatic rings. The van der Waals surface area contributed by atoms with Crippen LogP contribution in [-0.2, 0) is 5.41 Å². The van der Waals surface area contributed by atoms with E-state index in [1.54, 1.807) is 6.07 Å². The second-order valence-electron chi connectivity index (χ2n) is 4.35. The normalized spacial score (nSPS) is 11.2. The van der Waals surface area contributed by atoms with Crippen molar-refractivity contribution in [2.75, 3.05) is 6.07 Å². The number of hydrogen-bond acceptors (Lipinski definition) is 2. The van der Waals surface area contributed by atoms with Crippen LogP contribution in [0.15, 0.2) is 18.2 Å². The SMILES string of the molecule is CC(C)(C)c1cccc(C=O)c1OCCl. The van der Waals surface area contributed by atoms with Gasteiger partial charge in [0.05, 0.1) is 5.56 Å². The van der Waals surface area contributed by atoms with Crippen molar-refractivity contribution in [2.24, 2.45) is 0 Å². The molecule has 1 aromatic carbocycles. The Labute approximate surface area is 95.2 Å². The topological polar surface area (TPSA) is 26.3 Å². The minimum Gasteiger partial charge on any atom is -0.477 e. The summed E-state index contributed by atoms with van der Waals surface area (Å²) < 4.78 is 5.32. The van der Waals surface area contributed by atoms with E-state index in [-0.39, 0.29) is 11.5 Å². The van der Waals surface area contributed by atoms with Crippen molar-refractivity contribution in [3.63, 3.8) is 0 Å². The Hall–Kier alpha value is -1.02. The average molecular weight is 227 g/mol. The lowest BCUT2D eigenvalue weighted by molar-refractivity contribution is 0.112. The van der Waals surface area contributed by atoms with E-state index in [2.05, 4.69) is 20.8 Å². The van der Waals surface area contributed by atoms with Gasteiger partial charge in [0.25, 0.3) is 0 Å². The lowest BCUT2D eigenvalue weighted by Crippen LogP contribution is -2.14. The van der Waals surface area contributed by atoms with E-state index in [0.717, 1.165) is 11.8 Å². The highest BCUT2D eigenvalue weighted by Crippen LogP contribution is 2.33. The van der Waals surface area contributed by atoms with Crippen molar-refractivity contribution in [3.05, 3.63) is 29.3 Å². The first-order valence-corrected chi connectivity index (χ1v) is 5.31. The van der Waals surface area contributed by atoms with Gasteiger partial charge in [0, 0.05) is 5.56 Å². The molecule has 0 saturated heterocycles. The molecule has 15 heavy (non-hydrogen) atoms. The summed E-state index contributed by atoms with van der Waals surface area (Å²) in [6, 6.07) is 5.58. The fraction of sp³-hybridized carbons (Fsp3) is 0.417. The zero-order valence-electron chi connectivity index (χ0n) is 9.21. The molecule has 0 radical (unpaired) electrons. The quantitative estimate of drug-likeness (QED) is 0.584. The summed E-state index contributed by atoms with van der Waals surface area (Å²) in [5.74, 6) is 0.593. The Morgan fingerprint density at radius 3 is 2.53 bits per heavy atom. The molecule has 0 aliphatic heterocycles. The van der Waals surface area contributed by atoms with Crippen molar-refractivity contribution in [3.8, 4) is 5.75 Å². The van der Waals surface area contributed by atoms with Gasteiger partial charge in [-0.3, -0.25) is 4.79 Å². The van der Waals surface area contributed by atoms with Crippen LogP contribution in [0, 0.1) is 0 Å². The van der Waals surface area contributed by atoms with Gasteiger partial charge < -0.3 is 4.74 Å². The molecule has 0 atom stereocenters. The number of benzene rings is 1. The van der Waals surface area contributed by atoms with Crippen LogP contribution >= 0.6 is 11.6 Å². The first kappa shape index (κ1) is 12.1. The molecule has 1 aromatic rings. The van der Waals surface area contributed by atoms with Crippen LogP contribution in [0.1, 0.15) is 36.7 Å². The number of carbonyl (C=O) groups excluding carboxylic acids is 1. The monoisotopic (exact) mass is 226 g/mol. The second-order valence-corrected chi connectivity index (χ2v) is 4.56. The van der Waals surface area contributed by atoms with Crippen LogP contribution in [0.3, 0.4) is 0 Å². The Balaban J connectivity index is 3.31. The summed E-state index contributed by atoms with van der Waals surface area (Å²) in [5, 5.41) is 0. The number of rotatable bonds is 3. The minimum absolute atomic E-state index is 0.0495. The van der Waals surface area contributed by atoms with Gasteiger partial charge in [-0.15, -0.1) is 0 Å². The van der Waals surface area contributed by atoms with E-state index >= 15 is 0 Å². The summed E-state index contributed by atoms with van der Waals surface area (Å²) in [6.07, 6.45) is 0.789. The fourth-order valence-corrected chi connectivity index (χ4v) is 1.56. The first-order chi connectivity index (χ1) is 7.00. The molecule has 0 aromatic heterocycles. The van der Waals surface area contributed by atoms with Crippen LogP contribution in [0.25, 0.3) is 0 Å². The van der Waals surface area contributed by atoms with Gasteiger partial charge in [-0.05, 0) is 11.5 Å². The van der Waals surface area contributed by atoms with Gasteiger partial charge in [0.1, 0.15) is 5.75 Å². The first-order valence-electron chi connectivity index (χ1n) is 4.78. The molecule has 0 amide bonds. The zero-order chi connectivity index (χ0) is 11.5. The molecule has 3 heteroatoms. The number of para-hydroxylation sites is 1. The fourth-order valence-electron chi connectivity index (χ4n) is 1.45. The molecule has 0 saturated carbocycles. The van der Waals surface area contributed by atoms with Crippen LogP contribution in [-0.4, -0.2) is 12.4 Å². The molecule has 0 N–H and O–H groups in total. The summed E-state index contributed by atoms with van der Waals surface area (Å²) in [5.41, 5.74) is 1.47. The number of carbonyl (C=O) groups is 1. The maximum absolute atomic E-state index is 10.9. The molecule has 0 spiro atoms. The van der Waals surface area contributed by atoms with E-state index in [9.17, 15) is 4.79 Å². The predicted molar refractivity (Wildman–Crippen MR) is 61.9 cm³/mol.